The van der Waals surface area contributed by atoms with E-state index in [-0.39, 0.29) is 0 Å². The van der Waals surface area contributed by atoms with Gasteiger partial charge >= 0.3 is 0 Å². The zero-order chi connectivity index (χ0) is 23.2. The van der Waals surface area contributed by atoms with Crippen LogP contribution in [0.5, 0.6) is 0 Å². The summed E-state index contributed by atoms with van der Waals surface area (Å²) in [6, 6.07) is 32.5. The number of hydrogen-bond donors (Lipinski definition) is 0. The Morgan fingerprint density at radius 3 is 1.39 bits per heavy atom. The number of rotatable bonds is 6. The molecular weight excluding hydrogens is 398 g/mol. The second-order valence-electron chi connectivity index (χ2n) is 8.59. The summed E-state index contributed by atoms with van der Waals surface area (Å²) in [5, 5.41) is 0. The number of allylic oxidation sites excluding steroid dienone is 2. The molecule has 4 rings (SSSR count). The summed E-state index contributed by atoms with van der Waals surface area (Å²) in [4.78, 5) is 2.34. The fourth-order valence-electron chi connectivity index (χ4n) is 3.81. The van der Waals surface area contributed by atoms with Crippen LogP contribution in [0.15, 0.2) is 103 Å². The van der Waals surface area contributed by atoms with E-state index < -0.39 is 0 Å². The molecule has 1 heteroatoms. The van der Waals surface area contributed by atoms with Crippen molar-refractivity contribution in [1.82, 2.24) is 0 Å². The van der Waals surface area contributed by atoms with E-state index in [0.29, 0.717) is 0 Å². The first-order valence-electron chi connectivity index (χ1n) is 11.5. The van der Waals surface area contributed by atoms with Gasteiger partial charge in [-0.05, 0) is 97.5 Å². The van der Waals surface area contributed by atoms with Crippen LogP contribution in [0.3, 0.4) is 0 Å². The summed E-state index contributed by atoms with van der Waals surface area (Å²) in [5.74, 6) is 0. The van der Waals surface area contributed by atoms with Crippen LogP contribution in [0.4, 0.5) is 17.1 Å². The van der Waals surface area contributed by atoms with Gasteiger partial charge < -0.3 is 4.90 Å². The van der Waals surface area contributed by atoms with E-state index in [1.165, 1.54) is 44.8 Å². The standard InChI is InChI=1S/C32H31N/c1-24-14-18-31(22-26(24)3)33(32-19-15-25(2)27(4)23-32)30-20-16-29(17-21-30)13-9-8-12-28-10-6-5-7-11-28/h5-23H,1-4H3/b12-8+,13-9+. The Hall–Kier alpha value is -3.84. The molecule has 0 fully saturated rings. The van der Waals surface area contributed by atoms with Gasteiger partial charge in [0, 0.05) is 17.1 Å². The van der Waals surface area contributed by atoms with Crippen LogP contribution in [0.1, 0.15) is 33.4 Å². The molecule has 4 aromatic carbocycles. The summed E-state index contributed by atoms with van der Waals surface area (Å²) in [5.41, 5.74) is 11.1. The van der Waals surface area contributed by atoms with Crippen molar-refractivity contribution in [3.8, 4) is 0 Å². The lowest BCUT2D eigenvalue weighted by atomic mass is 10.1. The third-order valence-electron chi connectivity index (χ3n) is 6.14. The summed E-state index contributed by atoms with van der Waals surface area (Å²) in [6.07, 6.45) is 8.43. The average molecular weight is 430 g/mol. The second-order valence-corrected chi connectivity index (χ2v) is 8.59. The number of aryl methyl sites for hydroxylation is 4. The highest BCUT2D eigenvalue weighted by Gasteiger charge is 2.13. The highest BCUT2D eigenvalue weighted by molar-refractivity contribution is 5.78. The number of benzene rings is 4. The van der Waals surface area contributed by atoms with Gasteiger partial charge in [-0.1, -0.05) is 78.9 Å². The second kappa shape index (κ2) is 10.2. The predicted octanol–water partition coefficient (Wildman–Crippen LogP) is 9.12. The molecule has 0 unspecified atom stereocenters. The molecule has 0 amide bonds. The fourth-order valence-corrected chi connectivity index (χ4v) is 3.81. The molecule has 0 aromatic heterocycles. The molecule has 4 aromatic rings. The maximum Gasteiger partial charge on any atom is 0.0464 e. The minimum Gasteiger partial charge on any atom is -0.310 e. The average Bonchev–Trinajstić information content (AvgIpc) is 2.83. The predicted molar refractivity (Wildman–Crippen MR) is 145 cm³/mol. The van der Waals surface area contributed by atoms with Crippen LogP contribution < -0.4 is 4.90 Å². The Bertz CT molecular complexity index is 1230. The van der Waals surface area contributed by atoms with Gasteiger partial charge in [0.25, 0.3) is 0 Å². The summed E-state index contributed by atoms with van der Waals surface area (Å²) >= 11 is 0. The van der Waals surface area contributed by atoms with Crippen LogP contribution in [0, 0.1) is 27.7 Å². The molecule has 0 saturated carbocycles. The summed E-state index contributed by atoms with van der Waals surface area (Å²) in [6.45, 7) is 8.67. The fraction of sp³-hybridized carbons (Fsp3) is 0.125. The van der Waals surface area contributed by atoms with Crippen LogP contribution in [0.25, 0.3) is 12.2 Å². The van der Waals surface area contributed by atoms with Crippen LogP contribution in [0.2, 0.25) is 0 Å². The number of anilines is 3. The van der Waals surface area contributed by atoms with Crippen molar-refractivity contribution in [3.05, 3.63) is 137 Å². The topological polar surface area (TPSA) is 3.24 Å². The molecule has 164 valence electrons. The minimum absolute atomic E-state index is 1.15. The molecule has 1 nitrogen and oxygen atoms in total. The maximum atomic E-state index is 2.34. The first kappa shape index (κ1) is 22.4. The van der Waals surface area contributed by atoms with Gasteiger partial charge in [0.15, 0.2) is 0 Å². The first-order chi connectivity index (χ1) is 16.0. The van der Waals surface area contributed by atoms with E-state index >= 15 is 0 Å². The largest absolute Gasteiger partial charge is 0.310 e. The highest BCUT2D eigenvalue weighted by atomic mass is 15.1. The normalized spacial score (nSPS) is 11.4. The van der Waals surface area contributed by atoms with Crippen molar-refractivity contribution >= 4 is 29.2 Å². The van der Waals surface area contributed by atoms with Crippen molar-refractivity contribution in [2.75, 3.05) is 4.90 Å². The first-order valence-corrected chi connectivity index (χ1v) is 11.5. The van der Waals surface area contributed by atoms with Crippen LogP contribution in [-0.4, -0.2) is 0 Å². The van der Waals surface area contributed by atoms with Gasteiger partial charge in [-0.2, -0.15) is 0 Å². The zero-order valence-electron chi connectivity index (χ0n) is 19.9. The molecular formula is C32H31N. The molecule has 0 atom stereocenters. The van der Waals surface area contributed by atoms with E-state index in [0.717, 1.165) is 5.69 Å². The van der Waals surface area contributed by atoms with Crippen molar-refractivity contribution in [2.24, 2.45) is 0 Å². The lowest BCUT2D eigenvalue weighted by molar-refractivity contribution is 1.23. The Kier molecular flexibility index (Phi) is 6.90. The summed E-state index contributed by atoms with van der Waals surface area (Å²) < 4.78 is 0. The molecule has 0 aliphatic heterocycles. The van der Waals surface area contributed by atoms with Gasteiger partial charge in [0.1, 0.15) is 0 Å². The molecule has 0 spiro atoms. The van der Waals surface area contributed by atoms with Gasteiger partial charge in [0.05, 0.1) is 0 Å². The van der Waals surface area contributed by atoms with Crippen molar-refractivity contribution in [2.45, 2.75) is 27.7 Å². The Morgan fingerprint density at radius 1 is 0.455 bits per heavy atom. The van der Waals surface area contributed by atoms with Gasteiger partial charge in [-0.15, -0.1) is 0 Å². The van der Waals surface area contributed by atoms with E-state index in [9.17, 15) is 0 Å². The smallest absolute Gasteiger partial charge is 0.0464 e. The lowest BCUT2D eigenvalue weighted by Gasteiger charge is -2.27. The van der Waals surface area contributed by atoms with Gasteiger partial charge in [0.2, 0.25) is 0 Å². The number of hydrogen-bond acceptors (Lipinski definition) is 1. The van der Waals surface area contributed by atoms with Crippen LogP contribution >= 0.6 is 0 Å². The quantitative estimate of drug-likeness (QED) is 0.276. The third kappa shape index (κ3) is 5.51. The SMILES string of the molecule is Cc1ccc(N(c2ccc(/C=C/C=C/c3ccccc3)cc2)c2ccc(C)c(C)c2)cc1C. The molecule has 0 saturated heterocycles. The van der Waals surface area contributed by atoms with E-state index in [2.05, 4.69) is 142 Å². The highest BCUT2D eigenvalue weighted by Crippen LogP contribution is 2.36. The molecule has 0 bridgehead atoms. The molecule has 0 radical (unpaired) electrons. The van der Waals surface area contributed by atoms with E-state index in [1.54, 1.807) is 0 Å². The Balaban J connectivity index is 1.63. The Morgan fingerprint density at radius 2 is 0.909 bits per heavy atom. The van der Waals surface area contributed by atoms with E-state index in [1.807, 2.05) is 6.07 Å². The van der Waals surface area contributed by atoms with Crippen molar-refractivity contribution in [3.63, 3.8) is 0 Å². The van der Waals surface area contributed by atoms with Crippen molar-refractivity contribution < 1.29 is 0 Å². The maximum absolute atomic E-state index is 2.34. The molecule has 0 heterocycles. The van der Waals surface area contributed by atoms with Crippen molar-refractivity contribution in [1.29, 1.82) is 0 Å². The lowest BCUT2D eigenvalue weighted by Crippen LogP contribution is -2.10. The number of nitrogens with zero attached hydrogens (tertiary/aromatic N) is 1. The van der Waals surface area contributed by atoms with Gasteiger partial charge in [-0.3, -0.25) is 0 Å². The van der Waals surface area contributed by atoms with Gasteiger partial charge in [-0.25, -0.2) is 0 Å². The van der Waals surface area contributed by atoms with E-state index in [4.69, 9.17) is 0 Å². The van der Waals surface area contributed by atoms with Crippen LogP contribution in [-0.2, 0) is 0 Å². The Labute approximate surface area is 198 Å². The molecule has 0 N–H and O–H groups in total. The monoisotopic (exact) mass is 429 g/mol. The zero-order valence-corrected chi connectivity index (χ0v) is 19.9. The molecule has 0 aliphatic carbocycles. The molecule has 33 heavy (non-hydrogen) atoms. The molecule has 0 aliphatic rings. The third-order valence-corrected chi connectivity index (χ3v) is 6.14. The summed E-state index contributed by atoms with van der Waals surface area (Å²) in [7, 11) is 0. The minimum atomic E-state index is 1.15.